The van der Waals surface area contributed by atoms with E-state index in [-0.39, 0.29) is 10.6 Å². The normalized spacial score (nSPS) is 12.0. The van der Waals surface area contributed by atoms with Crippen LogP contribution in [0.2, 0.25) is 0 Å². The Morgan fingerprint density at radius 2 is 1.94 bits per heavy atom. The van der Waals surface area contributed by atoms with Gasteiger partial charge >= 0.3 is 0 Å². The monoisotopic (exact) mass is 286 g/mol. The number of benzene rings is 1. The van der Waals surface area contributed by atoms with E-state index in [2.05, 4.69) is 15.9 Å². The number of hydrogen-bond donors (Lipinski definition) is 0. The van der Waals surface area contributed by atoms with Gasteiger partial charge in [-0.15, -0.1) is 0 Å². The van der Waals surface area contributed by atoms with Gasteiger partial charge in [0.1, 0.15) is 5.78 Å². The first-order valence-electron chi connectivity index (χ1n) is 4.94. The van der Waals surface area contributed by atoms with Crippen LogP contribution < -0.4 is 9.47 Å². The summed E-state index contributed by atoms with van der Waals surface area (Å²) in [7, 11) is 3.19. The third kappa shape index (κ3) is 3.23. The maximum absolute atomic E-state index is 11.1. The van der Waals surface area contributed by atoms with Crippen LogP contribution in [0.4, 0.5) is 0 Å². The van der Waals surface area contributed by atoms with Crippen LogP contribution in [-0.4, -0.2) is 24.8 Å². The van der Waals surface area contributed by atoms with Gasteiger partial charge in [-0.25, -0.2) is 0 Å². The Morgan fingerprint density at radius 1 is 1.31 bits per heavy atom. The van der Waals surface area contributed by atoms with Crippen molar-refractivity contribution in [2.75, 3.05) is 14.2 Å². The molecule has 0 N–H and O–H groups in total. The fourth-order valence-electron chi connectivity index (χ4n) is 1.36. The van der Waals surface area contributed by atoms with Gasteiger partial charge in [0.15, 0.2) is 11.5 Å². The van der Waals surface area contributed by atoms with E-state index in [0.717, 1.165) is 5.56 Å². The number of halogens is 1. The zero-order valence-electron chi connectivity index (χ0n) is 9.62. The molecule has 16 heavy (non-hydrogen) atoms. The lowest BCUT2D eigenvalue weighted by Gasteiger charge is -2.11. The largest absolute Gasteiger partial charge is 0.493 e. The van der Waals surface area contributed by atoms with Crippen LogP contribution in [0, 0.1) is 0 Å². The highest BCUT2D eigenvalue weighted by Gasteiger charge is 2.12. The van der Waals surface area contributed by atoms with E-state index in [1.807, 2.05) is 18.2 Å². The van der Waals surface area contributed by atoms with Gasteiger partial charge in [-0.3, -0.25) is 4.79 Å². The van der Waals surface area contributed by atoms with Gasteiger partial charge in [-0.1, -0.05) is 22.0 Å². The van der Waals surface area contributed by atoms with Crippen molar-refractivity contribution >= 4 is 21.7 Å². The zero-order valence-corrected chi connectivity index (χ0v) is 11.2. The van der Waals surface area contributed by atoms with Gasteiger partial charge in [-0.05, 0) is 31.0 Å². The molecule has 0 bridgehead atoms. The van der Waals surface area contributed by atoms with Crippen molar-refractivity contribution in [1.82, 2.24) is 0 Å². The summed E-state index contributed by atoms with van der Waals surface area (Å²) in [5.41, 5.74) is 1.04. The summed E-state index contributed by atoms with van der Waals surface area (Å²) in [6.07, 6.45) is 0.648. The predicted octanol–water partition coefficient (Wildman–Crippen LogP) is 2.60. The van der Waals surface area contributed by atoms with Crippen molar-refractivity contribution in [3.63, 3.8) is 0 Å². The topological polar surface area (TPSA) is 35.5 Å². The number of alkyl halides is 1. The SMILES string of the molecule is COc1ccc(CC(Br)C(C)=O)cc1OC. The summed E-state index contributed by atoms with van der Waals surface area (Å²) in [5, 5.41) is 0. The van der Waals surface area contributed by atoms with E-state index in [0.29, 0.717) is 17.9 Å². The van der Waals surface area contributed by atoms with Crippen LogP contribution >= 0.6 is 15.9 Å². The molecule has 88 valence electrons. The number of carbonyl (C=O) groups is 1. The highest BCUT2D eigenvalue weighted by molar-refractivity contribution is 9.10. The van der Waals surface area contributed by atoms with Crippen molar-refractivity contribution in [3.8, 4) is 11.5 Å². The van der Waals surface area contributed by atoms with Gasteiger partial charge in [0.2, 0.25) is 0 Å². The van der Waals surface area contributed by atoms with Crippen molar-refractivity contribution in [2.45, 2.75) is 18.2 Å². The van der Waals surface area contributed by atoms with Gasteiger partial charge in [-0.2, -0.15) is 0 Å². The molecule has 0 fully saturated rings. The van der Waals surface area contributed by atoms with Gasteiger partial charge in [0.25, 0.3) is 0 Å². The highest BCUT2D eigenvalue weighted by Crippen LogP contribution is 2.28. The number of ether oxygens (including phenoxy) is 2. The molecule has 0 aliphatic heterocycles. The number of rotatable bonds is 5. The van der Waals surface area contributed by atoms with E-state index in [1.165, 1.54) is 0 Å². The Kier molecular flexibility index (Phi) is 4.80. The first kappa shape index (κ1) is 13.0. The molecule has 0 aliphatic carbocycles. The van der Waals surface area contributed by atoms with Crippen molar-refractivity contribution in [2.24, 2.45) is 0 Å². The Labute approximate surface area is 104 Å². The number of Topliss-reactive ketones (excluding diaryl/α,β-unsaturated/α-hetero) is 1. The van der Waals surface area contributed by atoms with Crippen LogP contribution in [0.3, 0.4) is 0 Å². The molecule has 0 amide bonds. The smallest absolute Gasteiger partial charge is 0.160 e. The summed E-state index contributed by atoms with van der Waals surface area (Å²) in [6, 6.07) is 5.66. The molecule has 1 aromatic rings. The van der Waals surface area contributed by atoms with Crippen LogP contribution in [0.25, 0.3) is 0 Å². The minimum Gasteiger partial charge on any atom is -0.493 e. The Balaban J connectivity index is 2.86. The molecule has 0 spiro atoms. The second kappa shape index (κ2) is 5.89. The van der Waals surface area contributed by atoms with Crippen molar-refractivity contribution in [3.05, 3.63) is 23.8 Å². The minimum atomic E-state index is -0.148. The summed E-state index contributed by atoms with van der Waals surface area (Å²) in [6.45, 7) is 1.57. The Bertz CT molecular complexity index is 377. The molecule has 0 saturated heterocycles. The third-order valence-corrected chi connectivity index (χ3v) is 3.27. The lowest BCUT2D eigenvalue weighted by molar-refractivity contribution is -0.116. The second-order valence-corrected chi connectivity index (χ2v) is 4.58. The van der Waals surface area contributed by atoms with Crippen molar-refractivity contribution < 1.29 is 14.3 Å². The average Bonchev–Trinajstić information content (AvgIpc) is 2.28. The van der Waals surface area contributed by atoms with Gasteiger partial charge in [0, 0.05) is 0 Å². The lowest BCUT2D eigenvalue weighted by Crippen LogP contribution is -2.12. The molecule has 1 rings (SSSR count). The maximum atomic E-state index is 11.1. The molecular weight excluding hydrogens is 272 g/mol. The zero-order chi connectivity index (χ0) is 12.1. The summed E-state index contributed by atoms with van der Waals surface area (Å²) in [5.74, 6) is 1.50. The predicted molar refractivity (Wildman–Crippen MR) is 66.6 cm³/mol. The number of methoxy groups -OCH3 is 2. The molecule has 3 nitrogen and oxygen atoms in total. The van der Waals surface area contributed by atoms with Gasteiger partial charge in [0.05, 0.1) is 19.0 Å². The Morgan fingerprint density at radius 3 is 2.44 bits per heavy atom. The molecule has 0 heterocycles. The molecule has 0 radical (unpaired) electrons. The van der Waals surface area contributed by atoms with Crippen LogP contribution in [0.5, 0.6) is 11.5 Å². The molecule has 1 atom stereocenters. The molecule has 0 aromatic heterocycles. The summed E-state index contributed by atoms with van der Waals surface area (Å²) < 4.78 is 10.3. The fourth-order valence-corrected chi connectivity index (χ4v) is 1.73. The minimum absolute atomic E-state index is 0.120. The standard InChI is InChI=1S/C12H15BrO3/c1-8(14)10(13)6-9-4-5-11(15-2)12(7-9)16-3/h4-5,7,10H,6H2,1-3H3. The Hall–Kier alpha value is -1.03. The molecule has 1 aromatic carbocycles. The van der Waals surface area contributed by atoms with Crippen LogP contribution in [0.15, 0.2) is 18.2 Å². The molecule has 4 heteroatoms. The molecular formula is C12H15BrO3. The summed E-state index contributed by atoms with van der Waals surface area (Å²) >= 11 is 3.34. The first-order chi connectivity index (χ1) is 7.58. The number of carbonyl (C=O) groups excluding carboxylic acids is 1. The molecule has 0 saturated carbocycles. The van der Waals surface area contributed by atoms with E-state index >= 15 is 0 Å². The number of hydrogen-bond acceptors (Lipinski definition) is 3. The maximum Gasteiger partial charge on any atom is 0.160 e. The second-order valence-electron chi connectivity index (χ2n) is 3.47. The lowest BCUT2D eigenvalue weighted by atomic mass is 10.1. The van der Waals surface area contributed by atoms with Crippen LogP contribution in [0.1, 0.15) is 12.5 Å². The third-order valence-electron chi connectivity index (χ3n) is 2.30. The van der Waals surface area contributed by atoms with E-state index in [9.17, 15) is 4.79 Å². The summed E-state index contributed by atoms with van der Waals surface area (Å²) in [4.78, 5) is 11.0. The van der Waals surface area contributed by atoms with E-state index < -0.39 is 0 Å². The van der Waals surface area contributed by atoms with E-state index in [1.54, 1.807) is 21.1 Å². The van der Waals surface area contributed by atoms with E-state index in [4.69, 9.17) is 9.47 Å². The highest BCUT2D eigenvalue weighted by atomic mass is 79.9. The first-order valence-corrected chi connectivity index (χ1v) is 5.85. The molecule has 1 unspecified atom stereocenters. The number of ketones is 1. The quantitative estimate of drug-likeness (QED) is 0.781. The van der Waals surface area contributed by atoms with Crippen LogP contribution in [-0.2, 0) is 11.2 Å². The molecule has 0 aliphatic rings. The van der Waals surface area contributed by atoms with Crippen molar-refractivity contribution in [1.29, 1.82) is 0 Å². The van der Waals surface area contributed by atoms with Gasteiger partial charge < -0.3 is 9.47 Å². The fraction of sp³-hybridized carbons (Fsp3) is 0.417. The average molecular weight is 287 g/mol.